The lowest BCUT2D eigenvalue weighted by atomic mass is 10.2. The summed E-state index contributed by atoms with van der Waals surface area (Å²) in [6.45, 7) is 6.40. The summed E-state index contributed by atoms with van der Waals surface area (Å²) in [5, 5.41) is 3.36. The summed E-state index contributed by atoms with van der Waals surface area (Å²) in [7, 11) is 0. The Bertz CT molecular complexity index is 969. The number of hydrogen-bond donors (Lipinski definition) is 1. The number of hydrogen-bond acceptors (Lipinski definition) is 8. The predicted octanol–water partition coefficient (Wildman–Crippen LogP) is 0.681. The van der Waals surface area contributed by atoms with E-state index in [4.69, 9.17) is 16.6 Å². The summed E-state index contributed by atoms with van der Waals surface area (Å²) < 4.78 is 0. The highest BCUT2D eigenvalue weighted by Gasteiger charge is 2.29. The van der Waals surface area contributed by atoms with Crippen molar-refractivity contribution in [1.29, 1.82) is 0 Å². The number of anilines is 1. The third kappa shape index (κ3) is 4.81. The molecule has 1 unspecified atom stereocenters. The van der Waals surface area contributed by atoms with Gasteiger partial charge in [0.05, 0.1) is 17.1 Å². The van der Waals surface area contributed by atoms with Crippen molar-refractivity contribution in [3.05, 3.63) is 22.8 Å². The van der Waals surface area contributed by atoms with E-state index >= 15 is 0 Å². The van der Waals surface area contributed by atoms with Crippen LogP contribution in [0, 0.1) is 0 Å². The molecule has 1 N–H and O–H groups in total. The van der Waals surface area contributed by atoms with Gasteiger partial charge in [0.15, 0.2) is 0 Å². The summed E-state index contributed by atoms with van der Waals surface area (Å²) >= 11 is 6.54. The van der Waals surface area contributed by atoms with Crippen LogP contribution in [0.15, 0.2) is 22.2 Å². The number of likely N-dealkylation sites (tertiary alicyclic amines) is 1. The third-order valence-corrected chi connectivity index (χ3v) is 6.88. The highest BCUT2D eigenvalue weighted by molar-refractivity contribution is 6.33. The van der Waals surface area contributed by atoms with Crippen LogP contribution in [0.1, 0.15) is 29.6 Å². The second kappa shape index (κ2) is 9.64. The predicted molar refractivity (Wildman–Crippen MR) is 127 cm³/mol. The van der Waals surface area contributed by atoms with E-state index in [2.05, 4.69) is 30.0 Å². The molecule has 0 aliphatic carbocycles. The quantitative estimate of drug-likeness (QED) is 0.695. The first-order valence-electron chi connectivity index (χ1n) is 11.6. The lowest BCUT2D eigenvalue weighted by Crippen LogP contribution is -2.53. The molecule has 2 amide bonds. The van der Waals surface area contributed by atoms with Crippen LogP contribution in [0.3, 0.4) is 0 Å². The van der Waals surface area contributed by atoms with Gasteiger partial charge >= 0.3 is 0 Å². The van der Waals surface area contributed by atoms with Crippen molar-refractivity contribution in [2.45, 2.75) is 25.4 Å². The first kappa shape index (κ1) is 22.1. The van der Waals surface area contributed by atoms with Crippen LogP contribution >= 0.6 is 11.6 Å². The van der Waals surface area contributed by atoms with E-state index in [1.165, 1.54) is 0 Å². The Balaban J connectivity index is 1.20. The molecule has 176 valence electrons. The first-order chi connectivity index (χ1) is 16.1. The topological polar surface area (TPSA) is 96.7 Å². The van der Waals surface area contributed by atoms with Gasteiger partial charge in [0.2, 0.25) is 11.9 Å². The maximum atomic E-state index is 12.6. The maximum absolute atomic E-state index is 12.6. The van der Waals surface area contributed by atoms with Gasteiger partial charge in [0.25, 0.3) is 5.91 Å². The zero-order valence-electron chi connectivity index (χ0n) is 18.6. The number of aromatic nitrogens is 1. The highest BCUT2D eigenvalue weighted by Crippen LogP contribution is 2.26. The Kier molecular flexibility index (Phi) is 6.45. The second-order valence-electron chi connectivity index (χ2n) is 8.78. The molecule has 1 atom stereocenters. The lowest BCUT2D eigenvalue weighted by Gasteiger charge is -2.38. The Morgan fingerprint density at radius 1 is 1.06 bits per heavy atom. The minimum absolute atomic E-state index is 0.00665. The Morgan fingerprint density at radius 3 is 2.55 bits per heavy atom. The largest absolute Gasteiger partial charge is 0.354 e. The molecule has 3 fully saturated rings. The molecular weight excluding hydrogens is 444 g/mol. The van der Waals surface area contributed by atoms with Crippen LogP contribution in [-0.4, -0.2) is 109 Å². The van der Waals surface area contributed by atoms with Crippen molar-refractivity contribution in [2.75, 3.05) is 63.8 Å². The van der Waals surface area contributed by atoms with Crippen molar-refractivity contribution >= 4 is 41.4 Å². The van der Waals surface area contributed by atoms with Gasteiger partial charge in [-0.2, -0.15) is 0 Å². The number of pyridine rings is 1. The van der Waals surface area contributed by atoms with E-state index in [1.54, 1.807) is 12.3 Å². The Hall–Kier alpha value is -2.72. The molecule has 5 rings (SSSR count). The number of carbonyl (C=O) groups is 2. The first-order valence-corrected chi connectivity index (χ1v) is 12.0. The monoisotopic (exact) mass is 472 g/mol. The van der Waals surface area contributed by atoms with E-state index in [0.29, 0.717) is 29.5 Å². The molecule has 11 heteroatoms. The molecule has 10 nitrogen and oxygen atoms in total. The number of aliphatic imine (C=N–C) groups is 2. The summed E-state index contributed by atoms with van der Waals surface area (Å²) in [5.41, 5.74) is 0.549. The molecule has 1 aromatic heterocycles. The molecule has 0 spiro atoms. The van der Waals surface area contributed by atoms with E-state index in [9.17, 15) is 9.59 Å². The molecule has 4 aliphatic heterocycles. The van der Waals surface area contributed by atoms with Crippen LogP contribution in [0.4, 0.5) is 5.82 Å². The molecule has 5 heterocycles. The number of rotatable bonds is 3. The minimum Gasteiger partial charge on any atom is -0.354 e. The molecule has 0 aromatic carbocycles. The average molecular weight is 473 g/mol. The zero-order chi connectivity index (χ0) is 22.8. The van der Waals surface area contributed by atoms with E-state index in [1.807, 2.05) is 11.1 Å². The number of nitrogens with zero attached hydrogens (tertiary/aromatic N) is 7. The molecular formula is C22H29ClN8O2. The Labute approximate surface area is 198 Å². The summed E-state index contributed by atoms with van der Waals surface area (Å²) in [5.74, 6) is 1.49. The molecule has 0 bridgehead atoms. The molecule has 33 heavy (non-hydrogen) atoms. The van der Waals surface area contributed by atoms with Gasteiger partial charge < -0.3 is 20.0 Å². The molecule has 3 saturated heterocycles. The van der Waals surface area contributed by atoms with Crippen molar-refractivity contribution in [3.8, 4) is 0 Å². The number of nitrogens with one attached hydrogen (secondary N) is 1. The van der Waals surface area contributed by atoms with Crippen molar-refractivity contribution in [3.63, 3.8) is 0 Å². The van der Waals surface area contributed by atoms with Gasteiger partial charge in [-0.25, -0.2) is 15.0 Å². The summed E-state index contributed by atoms with van der Waals surface area (Å²) in [4.78, 5) is 46.5. The van der Waals surface area contributed by atoms with Crippen molar-refractivity contribution in [2.24, 2.45) is 9.98 Å². The summed E-state index contributed by atoms with van der Waals surface area (Å²) in [6, 6.07) is 1.74. The minimum atomic E-state index is -0.0432. The lowest BCUT2D eigenvalue weighted by molar-refractivity contribution is -0.124. The number of carbonyl (C=O) groups excluding carboxylic acids is 2. The standard InChI is InChI=1S/C22H29ClN8O2/c23-17-13-16(21(33)29-6-1-2-7-29)14-26-20(17)28-9-11-30(12-10-28)22-25-4-3-18(27-22)31-8-5-24-19(32)15-31/h4,13-14,18H,1-3,5-12,15H2,(H,24,32). The van der Waals surface area contributed by atoms with Gasteiger partial charge in [0, 0.05) is 71.2 Å². The average Bonchev–Trinajstić information content (AvgIpc) is 3.39. The SMILES string of the molecule is O=C1CN(C2CC=NC(N3CCN(c4ncc(C(=O)N5CCCC5)cc4Cl)CC3)=N2)CCN1. The molecule has 0 saturated carbocycles. The summed E-state index contributed by atoms with van der Waals surface area (Å²) in [6.07, 6.45) is 6.33. The second-order valence-corrected chi connectivity index (χ2v) is 9.19. The van der Waals surface area contributed by atoms with Crippen LogP contribution in [0.2, 0.25) is 5.02 Å². The number of halogens is 1. The van der Waals surface area contributed by atoms with E-state index in [-0.39, 0.29) is 18.0 Å². The fourth-order valence-corrected chi connectivity index (χ4v) is 5.04. The maximum Gasteiger partial charge on any atom is 0.255 e. The van der Waals surface area contributed by atoms with Gasteiger partial charge in [-0.15, -0.1) is 0 Å². The highest BCUT2D eigenvalue weighted by atomic mass is 35.5. The van der Waals surface area contributed by atoms with Gasteiger partial charge in [-0.3, -0.25) is 14.5 Å². The fourth-order valence-electron chi connectivity index (χ4n) is 4.76. The van der Waals surface area contributed by atoms with Crippen molar-refractivity contribution < 1.29 is 9.59 Å². The van der Waals surface area contributed by atoms with Gasteiger partial charge in [0.1, 0.15) is 12.0 Å². The zero-order valence-corrected chi connectivity index (χ0v) is 19.4. The van der Waals surface area contributed by atoms with Gasteiger partial charge in [-0.1, -0.05) is 11.6 Å². The van der Waals surface area contributed by atoms with E-state index < -0.39 is 0 Å². The van der Waals surface area contributed by atoms with Crippen LogP contribution in [-0.2, 0) is 4.79 Å². The van der Waals surface area contributed by atoms with Crippen molar-refractivity contribution in [1.82, 2.24) is 25.0 Å². The number of amides is 2. The van der Waals surface area contributed by atoms with Crippen LogP contribution < -0.4 is 10.2 Å². The fraction of sp³-hybridized carbons (Fsp3) is 0.591. The molecule has 4 aliphatic rings. The molecule has 1 aromatic rings. The number of piperazine rings is 2. The number of guanidine groups is 1. The van der Waals surface area contributed by atoms with Gasteiger partial charge in [-0.05, 0) is 18.9 Å². The third-order valence-electron chi connectivity index (χ3n) is 6.60. The van der Waals surface area contributed by atoms with Crippen LogP contribution in [0.25, 0.3) is 0 Å². The van der Waals surface area contributed by atoms with Crippen LogP contribution in [0.5, 0.6) is 0 Å². The molecule has 0 radical (unpaired) electrons. The normalized spacial score (nSPS) is 24.2. The smallest absolute Gasteiger partial charge is 0.255 e. The van der Waals surface area contributed by atoms with E-state index in [0.717, 1.165) is 71.0 Å². The Morgan fingerprint density at radius 2 is 1.82 bits per heavy atom.